The highest BCUT2D eigenvalue weighted by Gasteiger charge is 2.41. The molecule has 0 aliphatic carbocycles. The Morgan fingerprint density at radius 1 is 1.26 bits per heavy atom. The lowest BCUT2D eigenvalue weighted by atomic mass is 9.91. The highest BCUT2D eigenvalue weighted by atomic mass is 19.3. The third kappa shape index (κ3) is 2.92. The van der Waals surface area contributed by atoms with Crippen molar-refractivity contribution in [1.82, 2.24) is 4.90 Å². The molecular weight excluding hydrogens is 252 g/mol. The molecule has 1 aromatic carbocycles. The number of carbonyl (C=O) groups is 1. The number of aliphatic hydroxyl groups is 1. The molecule has 3 nitrogen and oxygen atoms in total. The summed E-state index contributed by atoms with van der Waals surface area (Å²) in [4.78, 5) is 13.7. The van der Waals surface area contributed by atoms with Crippen LogP contribution in [0.2, 0.25) is 0 Å². The normalized spacial score (nSPS) is 18.7. The topological polar surface area (TPSA) is 40.5 Å². The second-order valence-corrected chi connectivity index (χ2v) is 5.06. The number of amides is 1. The molecule has 2 rings (SSSR count). The molecule has 0 unspecified atom stereocenters. The minimum Gasteiger partial charge on any atom is -0.384 e. The van der Waals surface area contributed by atoms with Crippen molar-refractivity contribution in [3.63, 3.8) is 0 Å². The summed E-state index contributed by atoms with van der Waals surface area (Å²) in [5, 5.41) is 9.67. The molecule has 5 heteroatoms. The van der Waals surface area contributed by atoms with Crippen LogP contribution in [0.25, 0.3) is 0 Å². The van der Waals surface area contributed by atoms with Gasteiger partial charge in [0.15, 0.2) is 0 Å². The zero-order valence-corrected chi connectivity index (χ0v) is 10.8. The van der Waals surface area contributed by atoms with E-state index in [0.29, 0.717) is 5.56 Å². The number of hydrogen-bond donors (Lipinski definition) is 1. The van der Waals surface area contributed by atoms with Crippen molar-refractivity contribution in [2.24, 2.45) is 0 Å². The van der Waals surface area contributed by atoms with E-state index in [9.17, 15) is 18.7 Å². The van der Waals surface area contributed by atoms with E-state index in [4.69, 9.17) is 0 Å². The van der Waals surface area contributed by atoms with Crippen LogP contribution in [-0.2, 0) is 0 Å². The number of nitrogens with zero attached hydrogens (tertiary/aromatic N) is 1. The fourth-order valence-corrected chi connectivity index (χ4v) is 2.19. The van der Waals surface area contributed by atoms with E-state index in [1.165, 1.54) is 4.90 Å². The third-order valence-electron chi connectivity index (χ3n) is 3.62. The summed E-state index contributed by atoms with van der Waals surface area (Å²) in [5.74, 6) is -0.170. The predicted octanol–water partition coefficient (Wildman–Crippen LogP) is 2.23. The summed E-state index contributed by atoms with van der Waals surface area (Å²) in [7, 11) is 0. The molecule has 1 aliphatic heterocycles. The van der Waals surface area contributed by atoms with Crippen LogP contribution >= 0.6 is 0 Å². The molecule has 1 aromatic rings. The number of alkyl halides is 2. The summed E-state index contributed by atoms with van der Waals surface area (Å²) < 4.78 is 25.3. The van der Waals surface area contributed by atoms with Crippen molar-refractivity contribution in [1.29, 1.82) is 0 Å². The number of piperidine rings is 1. The molecule has 1 saturated heterocycles. The Kier molecular flexibility index (Phi) is 3.85. The van der Waals surface area contributed by atoms with Crippen molar-refractivity contribution in [2.45, 2.75) is 31.8 Å². The predicted molar refractivity (Wildman–Crippen MR) is 67.3 cm³/mol. The Balaban J connectivity index is 2.02. The van der Waals surface area contributed by atoms with Gasteiger partial charge in [0.1, 0.15) is 5.60 Å². The maximum atomic E-state index is 12.6. The first-order chi connectivity index (χ1) is 8.92. The van der Waals surface area contributed by atoms with E-state index in [1.807, 2.05) is 19.1 Å². The van der Waals surface area contributed by atoms with Gasteiger partial charge in [0.2, 0.25) is 0 Å². The molecule has 0 radical (unpaired) electrons. The van der Waals surface area contributed by atoms with Gasteiger partial charge in [-0.15, -0.1) is 0 Å². The monoisotopic (exact) mass is 269 g/mol. The molecule has 1 fully saturated rings. The lowest BCUT2D eigenvalue weighted by molar-refractivity contribution is -0.122. The highest BCUT2D eigenvalue weighted by molar-refractivity contribution is 5.94. The maximum Gasteiger partial charge on any atom is 0.266 e. The lowest BCUT2D eigenvalue weighted by Crippen LogP contribution is -2.50. The van der Waals surface area contributed by atoms with Crippen LogP contribution in [0.3, 0.4) is 0 Å². The van der Waals surface area contributed by atoms with Gasteiger partial charge in [-0.1, -0.05) is 17.7 Å². The first-order valence-corrected chi connectivity index (χ1v) is 6.29. The van der Waals surface area contributed by atoms with Gasteiger partial charge < -0.3 is 10.0 Å². The van der Waals surface area contributed by atoms with Crippen molar-refractivity contribution < 1.29 is 18.7 Å². The zero-order valence-electron chi connectivity index (χ0n) is 10.8. The van der Waals surface area contributed by atoms with Gasteiger partial charge in [-0.25, -0.2) is 8.78 Å². The molecule has 19 heavy (non-hydrogen) atoms. The Hall–Kier alpha value is -1.49. The Bertz CT molecular complexity index is 451. The van der Waals surface area contributed by atoms with E-state index >= 15 is 0 Å². The second-order valence-electron chi connectivity index (χ2n) is 5.06. The van der Waals surface area contributed by atoms with Crippen molar-refractivity contribution in [2.75, 3.05) is 13.1 Å². The lowest BCUT2D eigenvalue weighted by Gasteiger charge is -2.37. The van der Waals surface area contributed by atoms with Gasteiger partial charge in [-0.2, -0.15) is 0 Å². The van der Waals surface area contributed by atoms with E-state index in [0.717, 1.165) is 5.56 Å². The smallest absolute Gasteiger partial charge is 0.266 e. The molecule has 0 bridgehead atoms. The Labute approximate surface area is 110 Å². The van der Waals surface area contributed by atoms with Gasteiger partial charge >= 0.3 is 0 Å². The van der Waals surface area contributed by atoms with Crippen molar-refractivity contribution >= 4 is 5.91 Å². The molecule has 1 aliphatic rings. The van der Waals surface area contributed by atoms with Gasteiger partial charge in [0, 0.05) is 18.7 Å². The standard InChI is InChI=1S/C14H17F2NO2/c1-10-2-4-11(5-3-10)12(18)17-8-6-14(19,7-9-17)13(15)16/h2-5,13,19H,6-9H2,1H3. The summed E-state index contributed by atoms with van der Waals surface area (Å²) in [5.41, 5.74) is -0.334. The number of halogens is 2. The molecule has 0 atom stereocenters. The zero-order chi connectivity index (χ0) is 14.0. The number of rotatable bonds is 2. The number of carbonyl (C=O) groups excluding carboxylic acids is 1. The fraction of sp³-hybridized carbons (Fsp3) is 0.500. The quantitative estimate of drug-likeness (QED) is 0.894. The Morgan fingerprint density at radius 3 is 2.26 bits per heavy atom. The van der Waals surface area contributed by atoms with Crippen LogP contribution in [0.15, 0.2) is 24.3 Å². The molecule has 1 amide bonds. The van der Waals surface area contributed by atoms with Gasteiger partial charge in [-0.05, 0) is 31.9 Å². The van der Waals surface area contributed by atoms with Gasteiger partial charge in [0.05, 0.1) is 0 Å². The van der Waals surface area contributed by atoms with Crippen LogP contribution in [0, 0.1) is 6.92 Å². The fourth-order valence-electron chi connectivity index (χ4n) is 2.19. The third-order valence-corrected chi connectivity index (χ3v) is 3.62. The van der Waals surface area contributed by atoms with E-state index in [2.05, 4.69) is 0 Å². The summed E-state index contributed by atoms with van der Waals surface area (Å²) in [6.07, 6.45) is -2.92. The second kappa shape index (κ2) is 5.25. The van der Waals surface area contributed by atoms with Crippen LogP contribution in [-0.4, -0.2) is 41.0 Å². The van der Waals surface area contributed by atoms with Gasteiger partial charge in [0.25, 0.3) is 12.3 Å². The van der Waals surface area contributed by atoms with Crippen LogP contribution in [0.5, 0.6) is 0 Å². The number of likely N-dealkylation sites (tertiary alicyclic amines) is 1. The molecular formula is C14H17F2NO2. The average Bonchev–Trinajstić information content (AvgIpc) is 2.39. The molecule has 104 valence electrons. The largest absolute Gasteiger partial charge is 0.384 e. The van der Waals surface area contributed by atoms with Crippen LogP contribution in [0.4, 0.5) is 8.78 Å². The molecule has 0 spiro atoms. The molecule has 0 saturated carbocycles. The minimum absolute atomic E-state index is 0.0811. The maximum absolute atomic E-state index is 12.6. The number of hydrogen-bond acceptors (Lipinski definition) is 2. The van der Waals surface area contributed by atoms with E-state index < -0.39 is 12.0 Å². The minimum atomic E-state index is -2.76. The molecule has 0 aromatic heterocycles. The van der Waals surface area contributed by atoms with E-state index in [1.54, 1.807) is 12.1 Å². The summed E-state index contributed by atoms with van der Waals surface area (Å²) >= 11 is 0. The van der Waals surface area contributed by atoms with Gasteiger partial charge in [-0.3, -0.25) is 4.79 Å². The first-order valence-electron chi connectivity index (χ1n) is 6.29. The van der Waals surface area contributed by atoms with Crippen LogP contribution < -0.4 is 0 Å². The first kappa shape index (κ1) is 13.9. The number of benzene rings is 1. The van der Waals surface area contributed by atoms with Crippen LogP contribution in [0.1, 0.15) is 28.8 Å². The summed E-state index contributed by atoms with van der Waals surface area (Å²) in [6, 6.07) is 7.14. The molecule has 1 N–H and O–H groups in total. The van der Waals surface area contributed by atoms with Crippen molar-refractivity contribution in [3.8, 4) is 0 Å². The van der Waals surface area contributed by atoms with E-state index in [-0.39, 0.29) is 31.8 Å². The Morgan fingerprint density at radius 2 is 1.79 bits per heavy atom. The van der Waals surface area contributed by atoms with Crippen molar-refractivity contribution in [3.05, 3.63) is 35.4 Å². The molecule has 1 heterocycles. The summed E-state index contributed by atoms with van der Waals surface area (Å²) in [6.45, 7) is 2.25. The SMILES string of the molecule is Cc1ccc(C(=O)N2CCC(O)(C(F)F)CC2)cc1. The average molecular weight is 269 g/mol. The highest BCUT2D eigenvalue weighted by Crippen LogP contribution is 2.29. The number of aryl methyl sites for hydroxylation is 1.